The summed E-state index contributed by atoms with van der Waals surface area (Å²) in [7, 11) is 0. The summed E-state index contributed by atoms with van der Waals surface area (Å²) in [5.74, 6) is 0.493. The molecule has 5 rings (SSSR count). The molecule has 1 aromatic heterocycles. The average molecular weight is 395 g/mol. The molecule has 1 aliphatic carbocycles. The number of thiazole rings is 1. The van der Waals surface area contributed by atoms with Crippen LogP contribution >= 0.6 is 11.3 Å². The van der Waals surface area contributed by atoms with Crippen molar-refractivity contribution in [1.29, 1.82) is 0 Å². The molecule has 0 saturated heterocycles. The maximum Gasteiger partial charge on any atom is 0.243 e. The summed E-state index contributed by atoms with van der Waals surface area (Å²) in [6.45, 7) is 1.17. The van der Waals surface area contributed by atoms with E-state index in [-0.39, 0.29) is 11.7 Å². The minimum Gasteiger partial charge on any atom is -0.504 e. The van der Waals surface area contributed by atoms with Gasteiger partial charge in [0.1, 0.15) is 11.6 Å². The number of phenols is 1. The number of rotatable bonds is 2. The van der Waals surface area contributed by atoms with Crippen LogP contribution in [0.25, 0.3) is 20.8 Å². The van der Waals surface area contributed by atoms with Crippen molar-refractivity contribution in [3.63, 3.8) is 0 Å². The molecule has 0 spiro atoms. The number of para-hydroxylation sites is 1. The molecule has 1 amide bonds. The number of amides is 1. The Labute approximate surface area is 166 Å². The van der Waals surface area contributed by atoms with E-state index in [0.717, 1.165) is 45.6 Å². The van der Waals surface area contributed by atoms with Crippen molar-refractivity contribution in [2.45, 2.75) is 31.3 Å². The van der Waals surface area contributed by atoms with E-state index < -0.39 is 5.54 Å². The number of carbonyl (C=O) groups excluding carboxylic acids is 1. The van der Waals surface area contributed by atoms with E-state index in [4.69, 9.17) is 10.5 Å². The third-order valence-corrected chi connectivity index (χ3v) is 6.70. The number of carbonyl (C=O) groups is 1. The van der Waals surface area contributed by atoms with Gasteiger partial charge in [-0.25, -0.2) is 4.98 Å². The first-order valence-electron chi connectivity index (χ1n) is 9.46. The molecule has 1 saturated carbocycles. The Morgan fingerprint density at radius 2 is 2.11 bits per heavy atom. The summed E-state index contributed by atoms with van der Waals surface area (Å²) in [4.78, 5) is 19.3. The maximum absolute atomic E-state index is 12.9. The molecule has 0 bridgehead atoms. The van der Waals surface area contributed by atoms with Crippen molar-refractivity contribution in [2.24, 2.45) is 5.73 Å². The van der Waals surface area contributed by atoms with Crippen molar-refractivity contribution >= 4 is 27.5 Å². The largest absolute Gasteiger partial charge is 0.504 e. The van der Waals surface area contributed by atoms with E-state index in [1.807, 2.05) is 30.3 Å². The third-order valence-electron chi connectivity index (χ3n) is 5.61. The zero-order valence-corrected chi connectivity index (χ0v) is 16.2. The highest BCUT2D eigenvalue weighted by atomic mass is 32.1. The molecule has 6 nitrogen and oxygen atoms in total. The molecule has 3 aromatic rings. The van der Waals surface area contributed by atoms with Crippen LogP contribution in [0, 0.1) is 0 Å². The Morgan fingerprint density at radius 1 is 1.29 bits per heavy atom. The molecule has 144 valence electrons. The van der Waals surface area contributed by atoms with Gasteiger partial charge in [0.2, 0.25) is 5.91 Å². The molecule has 2 heterocycles. The van der Waals surface area contributed by atoms with Crippen molar-refractivity contribution in [1.82, 2.24) is 9.88 Å². The number of nitrogens with two attached hydrogens (primary N) is 1. The van der Waals surface area contributed by atoms with Crippen molar-refractivity contribution in [3.05, 3.63) is 42.0 Å². The predicted octanol–water partition coefficient (Wildman–Crippen LogP) is 3.27. The number of nitrogens with zero attached hydrogens (tertiary/aromatic N) is 2. The van der Waals surface area contributed by atoms with Crippen LogP contribution < -0.4 is 10.5 Å². The lowest BCUT2D eigenvalue weighted by Crippen LogP contribution is -2.59. The van der Waals surface area contributed by atoms with E-state index in [2.05, 4.69) is 4.98 Å². The van der Waals surface area contributed by atoms with E-state index >= 15 is 0 Å². The summed E-state index contributed by atoms with van der Waals surface area (Å²) in [5.41, 5.74) is 8.05. The Hall–Kier alpha value is -2.64. The fourth-order valence-electron chi connectivity index (χ4n) is 3.88. The van der Waals surface area contributed by atoms with Gasteiger partial charge in [0, 0.05) is 17.7 Å². The van der Waals surface area contributed by atoms with Gasteiger partial charge in [0.25, 0.3) is 0 Å². The molecule has 0 atom stereocenters. The number of hydrogen-bond acceptors (Lipinski definition) is 6. The standard InChI is InChI=1S/C21H21N3O3S/c22-21(6-3-7-21)20(26)24-8-9-27-18-14(12-24)10-13(11-16(18)25)19-23-15-4-1-2-5-17(15)28-19/h1-2,4-5,10-11,25H,3,6-9,12,22H2. The first kappa shape index (κ1) is 17.5. The SMILES string of the molecule is NC1(C(=O)N2CCOc3c(O)cc(-c4nc5ccccc5s4)cc3C2)CCC1. The molecule has 0 radical (unpaired) electrons. The predicted molar refractivity (Wildman–Crippen MR) is 108 cm³/mol. The van der Waals surface area contributed by atoms with Gasteiger partial charge in [-0.1, -0.05) is 12.1 Å². The van der Waals surface area contributed by atoms with Gasteiger partial charge in [-0.15, -0.1) is 11.3 Å². The van der Waals surface area contributed by atoms with Crippen LogP contribution in [-0.2, 0) is 11.3 Å². The molecule has 3 N–H and O–H groups in total. The topological polar surface area (TPSA) is 88.7 Å². The van der Waals surface area contributed by atoms with Crippen molar-refractivity contribution in [2.75, 3.05) is 13.2 Å². The summed E-state index contributed by atoms with van der Waals surface area (Å²) < 4.78 is 6.86. The van der Waals surface area contributed by atoms with Crippen molar-refractivity contribution < 1.29 is 14.6 Å². The quantitative estimate of drug-likeness (QED) is 0.695. The van der Waals surface area contributed by atoms with E-state index in [9.17, 15) is 9.90 Å². The first-order valence-corrected chi connectivity index (χ1v) is 10.3. The lowest BCUT2D eigenvalue weighted by molar-refractivity contribution is -0.140. The number of aromatic nitrogens is 1. The van der Waals surface area contributed by atoms with Crippen LogP contribution in [0.3, 0.4) is 0 Å². The number of phenolic OH excluding ortho intramolecular Hbond substituents is 1. The Kier molecular flexibility index (Phi) is 4.03. The second kappa shape index (κ2) is 6.46. The molecule has 1 aliphatic heterocycles. The lowest BCUT2D eigenvalue weighted by Gasteiger charge is -2.40. The second-order valence-electron chi connectivity index (χ2n) is 7.56. The summed E-state index contributed by atoms with van der Waals surface area (Å²) in [6, 6.07) is 11.6. The Bertz CT molecular complexity index is 1040. The molecule has 0 unspecified atom stereocenters. The molecule has 7 heteroatoms. The van der Waals surface area contributed by atoms with Gasteiger partial charge < -0.3 is 20.5 Å². The zero-order valence-electron chi connectivity index (χ0n) is 15.4. The summed E-state index contributed by atoms with van der Waals surface area (Å²) in [6.07, 6.45) is 2.45. The highest BCUT2D eigenvalue weighted by Gasteiger charge is 2.43. The molecule has 2 aromatic carbocycles. The van der Waals surface area contributed by atoms with Crippen LogP contribution in [0.2, 0.25) is 0 Å². The lowest BCUT2D eigenvalue weighted by atomic mass is 9.76. The van der Waals surface area contributed by atoms with Crippen LogP contribution in [-0.4, -0.2) is 39.6 Å². The molecule has 2 aliphatic rings. The smallest absolute Gasteiger partial charge is 0.243 e. The van der Waals surface area contributed by atoms with E-state index in [1.54, 1.807) is 22.3 Å². The Balaban J connectivity index is 1.52. The zero-order chi connectivity index (χ0) is 19.3. The Morgan fingerprint density at radius 3 is 2.86 bits per heavy atom. The molecule has 1 fully saturated rings. The van der Waals surface area contributed by atoms with Gasteiger partial charge >= 0.3 is 0 Å². The second-order valence-corrected chi connectivity index (χ2v) is 8.59. The fraction of sp³-hybridized carbons (Fsp3) is 0.333. The fourth-order valence-corrected chi connectivity index (χ4v) is 4.83. The first-order chi connectivity index (χ1) is 13.5. The third kappa shape index (κ3) is 2.82. The molecule has 28 heavy (non-hydrogen) atoms. The highest BCUT2D eigenvalue weighted by Crippen LogP contribution is 2.40. The summed E-state index contributed by atoms with van der Waals surface area (Å²) >= 11 is 1.58. The molecular weight excluding hydrogens is 374 g/mol. The average Bonchev–Trinajstić information content (AvgIpc) is 2.98. The maximum atomic E-state index is 12.9. The van der Waals surface area contributed by atoms with Gasteiger partial charge in [-0.05, 0) is 43.5 Å². The van der Waals surface area contributed by atoms with Crippen LogP contribution in [0.1, 0.15) is 24.8 Å². The normalized spacial score (nSPS) is 18.1. The summed E-state index contributed by atoms with van der Waals surface area (Å²) in [5, 5.41) is 11.4. The monoisotopic (exact) mass is 395 g/mol. The van der Waals surface area contributed by atoms with Gasteiger partial charge in [-0.3, -0.25) is 4.79 Å². The number of ether oxygens (including phenoxy) is 1. The van der Waals surface area contributed by atoms with E-state index in [1.165, 1.54) is 0 Å². The minimum absolute atomic E-state index is 0.0277. The number of fused-ring (bicyclic) bond motifs is 2. The van der Waals surface area contributed by atoms with Crippen LogP contribution in [0.15, 0.2) is 36.4 Å². The van der Waals surface area contributed by atoms with Gasteiger partial charge in [0.05, 0.1) is 22.3 Å². The molecular formula is C21H21N3O3S. The van der Waals surface area contributed by atoms with Crippen LogP contribution in [0.5, 0.6) is 11.5 Å². The number of benzene rings is 2. The van der Waals surface area contributed by atoms with Gasteiger partial charge in [-0.2, -0.15) is 0 Å². The van der Waals surface area contributed by atoms with Crippen molar-refractivity contribution in [3.8, 4) is 22.1 Å². The van der Waals surface area contributed by atoms with E-state index in [0.29, 0.717) is 25.4 Å². The minimum atomic E-state index is -0.739. The van der Waals surface area contributed by atoms with Crippen LogP contribution in [0.4, 0.5) is 0 Å². The number of hydrogen-bond donors (Lipinski definition) is 2. The number of aromatic hydroxyl groups is 1. The van der Waals surface area contributed by atoms with Gasteiger partial charge in [0.15, 0.2) is 11.5 Å². The highest BCUT2D eigenvalue weighted by molar-refractivity contribution is 7.21.